The van der Waals surface area contributed by atoms with Gasteiger partial charge in [-0.2, -0.15) is 4.52 Å². The number of nitrogens with one attached hydrogen (secondary N) is 2. The molecule has 2 N–H and O–H groups in total. The number of hydrogen-bond donors (Lipinski definition) is 2. The lowest BCUT2D eigenvalue weighted by atomic mass is 10.1. The van der Waals surface area contributed by atoms with E-state index in [9.17, 15) is 4.79 Å². The molecule has 0 spiro atoms. The second-order valence-electron chi connectivity index (χ2n) is 7.41. The van der Waals surface area contributed by atoms with Crippen LogP contribution in [-0.2, 0) is 0 Å². The monoisotopic (exact) mass is 379 g/mol. The molecule has 1 aromatic carbocycles. The first-order chi connectivity index (χ1) is 13.6. The molecule has 1 aliphatic rings. The van der Waals surface area contributed by atoms with Gasteiger partial charge in [0.25, 0.3) is 0 Å². The first-order valence-electron chi connectivity index (χ1n) is 9.70. The second-order valence-corrected chi connectivity index (χ2v) is 7.41. The van der Waals surface area contributed by atoms with Crippen LogP contribution in [0.5, 0.6) is 0 Å². The summed E-state index contributed by atoms with van der Waals surface area (Å²) >= 11 is 0. The van der Waals surface area contributed by atoms with Gasteiger partial charge in [0.2, 0.25) is 0 Å². The molecule has 4 rings (SSSR count). The standard InChI is InChI=1S/C20H25N7O/c1-14(2)21-20(28)22-16-9-6-12-26(13-16)18-11-10-17-23-24-19(27(17)25-18)15-7-4-3-5-8-15/h3-5,7-8,10-11,14,16H,6,9,12-13H2,1-2H3,(H2,21,22,28). The molecule has 146 valence electrons. The van der Waals surface area contributed by atoms with Crippen molar-refractivity contribution in [3.8, 4) is 11.4 Å². The third kappa shape index (κ3) is 3.90. The first-order valence-corrected chi connectivity index (χ1v) is 9.70. The predicted octanol–water partition coefficient (Wildman–Crippen LogP) is 2.47. The number of carbonyl (C=O) groups excluding carboxylic acids is 1. The minimum Gasteiger partial charge on any atom is -0.353 e. The largest absolute Gasteiger partial charge is 0.353 e. The van der Waals surface area contributed by atoms with E-state index in [2.05, 4.69) is 25.7 Å². The van der Waals surface area contributed by atoms with Crippen molar-refractivity contribution in [2.45, 2.75) is 38.8 Å². The van der Waals surface area contributed by atoms with Crippen molar-refractivity contribution in [2.24, 2.45) is 0 Å². The maximum Gasteiger partial charge on any atom is 0.315 e. The van der Waals surface area contributed by atoms with Crippen molar-refractivity contribution in [1.29, 1.82) is 0 Å². The Morgan fingerprint density at radius 2 is 1.96 bits per heavy atom. The Morgan fingerprint density at radius 3 is 2.75 bits per heavy atom. The van der Waals surface area contributed by atoms with Crippen molar-refractivity contribution >= 4 is 17.5 Å². The number of piperidine rings is 1. The average molecular weight is 379 g/mol. The van der Waals surface area contributed by atoms with Crippen molar-refractivity contribution in [3.63, 3.8) is 0 Å². The Kier molecular flexibility index (Phi) is 5.10. The summed E-state index contributed by atoms with van der Waals surface area (Å²) in [7, 11) is 0. The van der Waals surface area contributed by atoms with E-state index in [1.807, 2.05) is 56.3 Å². The molecule has 1 unspecified atom stereocenters. The molecule has 3 aromatic rings. The van der Waals surface area contributed by atoms with Crippen molar-refractivity contribution < 1.29 is 4.79 Å². The predicted molar refractivity (Wildman–Crippen MR) is 108 cm³/mol. The summed E-state index contributed by atoms with van der Waals surface area (Å²) in [5.41, 5.74) is 1.69. The summed E-state index contributed by atoms with van der Waals surface area (Å²) in [4.78, 5) is 14.2. The van der Waals surface area contributed by atoms with Gasteiger partial charge in [-0.3, -0.25) is 0 Å². The molecule has 2 aromatic heterocycles. The van der Waals surface area contributed by atoms with Crippen LogP contribution in [0.15, 0.2) is 42.5 Å². The Bertz CT molecular complexity index is 954. The van der Waals surface area contributed by atoms with Crippen molar-refractivity contribution in [2.75, 3.05) is 18.0 Å². The van der Waals surface area contributed by atoms with Gasteiger partial charge in [-0.1, -0.05) is 30.3 Å². The molecule has 1 aliphatic heterocycles. The number of carbonyl (C=O) groups is 1. The summed E-state index contributed by atoms with van der Waals surface area (Å²) in [5.74, 6) is 1.58. The molecular formula is C20H25N7O. The molecule has 8 heteroatoms. The van der Waals surface area contributed by atoms with E-state index in [1.54, 1.807) is 4.52 Å². The van der Waals surface area contributed by atoms with E-state index in [1.165, 1.54) is 0 Å². The Hall–Kier alpha value is -3.16. The Morgan fingerprint density at radius 1 is 1.14 bits per heavy atom. The summed E-state index contributed by atoms with van der Waals surface area (Å²) in [5, 5.41) is 19.3. The highest BCUT2D eigenvalue weighted by Crippen LogP contribution is 2.21. The van der Waals surface area contributed by atoms with Gasteiger partial charge in [0, 0.05) is 30.7 Å². The highest BCUT2D eigenvalue weighted by Gasteiger charge is 2.23. The zero-order valence-electron chi connectivity index (χ0n) is 16.2. The fourth-order valence-electron chi connectivity index (χ4n) is 3.51. The summed E-state index contributed by atoms with van der Waals surface area (Å²) in [6, 6.07) is 13.9. The number of fused-ring (bicyclic) bond motifs is 1. The van der Waals surface area contributed by atoms with Gasteiger partial charge in [-0.15, -0.1) is 15.3 Å². The molecule has 1 saturated heterocycles. The van der Waals surface area contributed by atoms with E-state index >= 15 is 0 Å². The number of rotatable bonds is 4. The van der Waals surface area contributed by atoms with Crippen LogP contribution in [-0.4, -0.2) is 51.0 Å². The maximum atomic E-state index is 12.0. The van der Waals surface area contributed by atoms with E-state index in [0.29, 0.717) is 5.65 Å². The fourth-order valence-corrected chi connectivity index (χ4v) is 3.51. The minimum atomic E-state index is -0.115. The van der Waals surface area contributed by atoms with E-state index in [-0.39, 0.29) is 18.1 Å². The van der Waals surface area contributed by atoms with Gasteiger partial charge in [-0.05, 0) is 38.8 Å². The zero-order valence-corrected chi connectivity index (χ0v) is 16.2. The van der Waals surface area contributed by atoms with E-state index in [0.717, 1.165) is 43.1 Å². The molecule has 28 heavy (non-hydrogen) atoms. The molecule has 3 heterocycles. The fraction of sp³-hybridized carbons (Fsp3) is 0.400. The number of nitrogens with zero attached hydrogens (tertiary/aromatic N) is 5. The zero-order chi connectivity index (χ0) is 19.5. The van der Waals surface area contributed by atoms with Gasteiger partial charge in [0.1, 0.15) is 5.82 Å². The summed E-state index contributed by atoms with van der Waals surface area (Å²) < 4.78 is 1.78. The van der Waals surface area contributed by atoms with Gasteiger partial charge in [0.15, 0.2) is 11.5 Å². The second kappa shape index (κ2) is 7.84. The molecule has 0 bridgehead atoms. The molecular weight excluding hydrogens is 354 g/mol. The van der Waals surface area contributed by atoms with Crippen LogP contribution in [0.25, 0.3) is 17.0 Å². The quantitative estimate of drug-likeness (QED) is 0.727. The summed E-state index contributed by atoms with van der Waals surface area (Å²) in [6.45, 7) is 5.54. The average Bonchev–Trinajstić information content (AvgIpc) is 3.11. The van der Waals surface area contributed by atoms with Crippen molar-refractivity contribution in [3.05, 3.63) is 42.5 Å². The number of aromatic nitrogens is 4. The summed E-state index contributed by atoms with van der Waals surface area (Å²) in [6.07, 6.45) is 1.96. The highest BCUT2D eigenvalue weighted by molar-refractivity contribution is 5.74. The lowest BCUT2D eigenvalue weighted by Gasteiger charge is -2.34. The molecule has 1 fully saturated rings. The van der Waals surface area contributed by atoms with Crippen LogP contribution in [0.2, 0.25) is 0 Å². The topological polar surface area (TPSA) is 87.5 Å². The number of benzene rings is 1. The molecule has 8 nitrogen and oxygen atoms in total. The van der Waals surface area contributed by atoms with Crippen LogP contribution >= 0.6 is 0 Å². The third-order valence-electron chi connectivity index (χ3n) is 4.78. The van der Waals surface area contributed by atoms with Crippen LogP contribution in [0.1, 0.15) is 26.7 Å². The van der Waals surface area contributed by atoms with Gasteiger partial charge in [-0.25, -0.2) is 4.79 Å². The minimum absolute atomic E-state index is 0.0968. The van der Waals surface area contributed by atoms with Crippen LogP contribution < -0.4 is 15.5 Å². The van der Waals surface area contributed by atoms with Gasteiger partial charge in [0.05, 0.1) is 0 Å². The SMILES string of the molecule is CC(C)NC(=O)NC1CCCN(c2ccc3nnc(-c4ccccc4)n3n2)C1. The van der Waals surface area contributed by atoms with Crippen LogP contribution in [0.3, 0.4) is 0 Å². The smallest absolute Gasteiger partial charge is 0.315 e. The Labute approximate surface area is 164 Å². The van der Waals surface area contributed by atoms with Crippen molar-refractivity contribution in [1.82, 2.24) is 30.4 Å². The molecule has 0 radical (unpaired) electrons. The number of hydrogen-bond acceptors (Lipinski definition) is 5. The van der Waals surface area contributed by atoms with Crippen LogP contribution in [0.4, 0.5) is 10.6 Å². The Balaban J connectivity index is 1.54. The molecule has 2 amide bonds. The highest BCUT2D eigenvalue weighted by atomic mass is 16.2. The molecule has 0 saturated carbocycles. The van der Waals surface area contributed by atoms with E-state index in [4.69, 9.17) is 5.10 Å². The molecule has 0 aliphatic carbocycles. The number of urea groups is 1. The lowest BCUT2D eigenvalue weighted by molar-refractivity contribution is 0.232. The van der Waals surface area contributed by atoms with Gasteiger partial charge < -0.3 is 15.5 Å². The number of anilines is 1. The lowest BCUT2D eigenvalue weighted by Crippen LogP contribution is -2.51. The number of amides is 2. The third-order valence-corrected chi connectivity index (χ3v) is 4.78. The first kappa shape index (κ1) is 18.2. The van der Waals surface area contributed by atoms with E-state index < -0.39 is 0 Å². The molecule has 1 atom stereocenters. The van der Waals surface area contributed by atoms with Gasteiger partial charge >= 0.3 is 6.03 Å². The maximum absolute atomic E-state index is 12.0. The van der Waals surface area contributed by atoms with Crippen LogP contribution in [0, 0.1) is 0 Å². The normalized spacial score (nSPS) is 17.1.